The molecule has 312 valence electrons. The summed E-state index contributed by atoms with van der Waals surface area (Å²) in [5, 5.41) is -1.10. The Morgan fingerprint density at radius 3 is 1.16 bits per heavy atom. The van der Waals surface area contributed by atoms with Crippen LogP contribution in [0.5, 0.6) is 0 Å². The highest BCUT2D eigenvalue weighted by Crippen LogP contribution is 2.45. The Morgan fingerprint density at radius 1 is 0.313 bits per heavy atom. The van der Waals surface area contributed by atoms with Crippen molar-refractivity contribution in [2.45, 2.75) is 0 Å². The molecule has 0 aliphatic carbocycles. The molecule has 0 radical (unpaired) electrons. The number of aromatic nitrogens is 5. The number of nitrogens with zero attached hydrogens (tertiary/aromatic N) is 5. The summed E-state index contributed by atoms with van der Waals surface area (Å²) in [4.78, 5) is 10.2. The molecule has 0 fully saturated rings. The van der Waals surface area contributed by atoms with Crippen LogP contribution in [0, 0.1) is 0 Å². The van der Waals surface area contributed by atoms with E-state index in [1.165, 1.54) is 12.1 Å². The molecule has 0 spiro atoms. The summed E-state index contributed by atoms with van der Waals surface area (Å²) in [6.45, 7) is 0. The molecule has 0 atom stereocenters. The van der Waals surface area contributed by atoms with Crippen LogP contribution < -0.4 is 0 Å². The first kappa shape index (κ1) is 20.8. The third-order valence-corrected chi connectivity index (χ3v) is 12.0. The molecule has 0 saturated heterocycles. The van der Waals surface area contributed by atoms with Crippen molar-refractivity contribution in [3.05, 3.63) is 236 Å². The summed E-state index contributed by atoms with van der Waals surface area (Å²) in [6, 6.07) is 6.17. The van der Waals surface area contributed by atoms with Crippen molar-refractivity contribution >= 4 is 76.2 Å². The molecule has 10 aromatic carbocycles. The van der Waals surface area contributed by atoms with Crippen molar-refractivity contribution in [3.8, 4) is 51.0 Å². The van der Waals surface area contributed by atoms with Crippen LogP contribution in [-0.4, -0.2) is 23.7 Å². The van der Waals surface area contributed by atoms with E-state index in [0.29, 0.717) is 16.8 Å². The van der Waals surface area contributed by atoms with E-state index in [2.05, 4.69) is 0 Å². The van der Waals surface area contributed by atoms with E-state index < -0.39 is 227 Å². The zero-order chi connectivity index (χ0) is 64.9. The molecular formula is C62H39N5. The molecule has 0 aliphatic rings. The SMILES string of the molecule is [2H]c1c([2H])c([2H])c2c(c1[2H])c1c([2H])c([2H])c([2H])c([2H])c1n2-c1cc(-c2cc(-c3ccc4ccccc4c3)nc(-c3ccccc3)n2)cc(-n2c3c([2H])c([2H])c([2H])c([2H])c3c3c([2H])c([2H])c([2H])c([2H])c32)c1-n1c2c([2H])c([2H])c([2H])c([2H])c2c2c([2H])c([2H])c([2H])c([2H])c21. The fourth-order valence-corrected chi connectivity index (χ4v) is 9.10. The molecule has 0 bridgehead atoms. The van der Waals surface area contributed by atoms with Gasteiger partial charge in [0.05, 0.1) is 94.4 Å². The topological polar surface area (TPSA) is 40.6 Å². The van der Waals surface area contributed by atoms with E-state index in [1.54, 1.807) is 36.4 Å². The van der Waals surface area contributed by atoms with Crippen LogP contribution in [-0.2, 0) is 0 Å². The predicted molar refractivity (Wildman–Crippen MR) is 279 cm³/mol. The monoisotopic (exact) mass is 877 g/mol. The van der Waals surface area contributed by atoms with Crippen molar-refractivity contribution in [1.29, 1.82) is 0 Å². The maximum Gasteiger partial charge on any atom is 0.160 e. The van der Waals surface area contributed by atoms with Crippen LogP contribution in [0.4, 0.5) is 0 Å². The Morgan fingerprint density at radius 2 is 0.701 bits per heavy atom. The molecule has 0 amide bonds. The lowest BCUT2D eigenvalue weighted by molar-refractivity contribution is 1.05. The highest BCUT2D eigenvalue weighted by Gasteiger charge is 2.26. The van der Waals surface area contributed by atoms with Crippen LogP contribution in [0.1, 0.15) is 32.9 Å². The van der Waals surface area contributed by atoms with Crippen molar-refractivity contribution in [1.82, 2.24) is 23.7 Å². The minimum atomic E-state index is -0.896. The van der Waals surface area contributed by atoms with E-state index in [-0.39, 0.29) is 17.1 Å². The average Bonchev–Trinajstić information content (AvgIpc) is 1.54. The number of fused-ring (bicyclic) bond motifs is 10. The van der Waals surface area contributed by atoms with Gasteiger partial charge in [-0.2, -0.15) is 0 Å². The number of hydrogen-bond donors (Lipinski definition) is 0. The summed E-state index contributed by atoms with van der Waals surface area (Å²) in [7, 11) is 0. The highest BCUT2D eigenvalue weighted by atomic mass is 15.1. The first-order valence-electron chi connectivity index (χ1n) is 32.9. The lowest BCUT2D eigenvalue weighted by Gasteiger charge is -2.23. The Balaban J connectivity index is 1.35. The van der Waals surface area contributed by atoms with E-state index in [4.69, 9.17) is 18.2 Å². The molecule has 5 heteroatoms. The summed E-state index contributed by atoms with van der Waals surface area (Å²) in [6.07, 6.45) is 0. The van der Waals surface area contributed by atoms with E-state index >= 15 is 0 Å². The number of benzene rings is 10. The van der Waals surface area contributed by atoms with Crippen LogP contribution in [0.15, 0.2) is 236 Å². The molecule has 4 aromatic heterocycles. The summed E-state index contributed by atoms with van der Waals surface area (Å²) >= 11 is 0. The molecule has 5 nitrogen and oxygen atoms in total. The smallest absolute Gasteiger partial charge is 0.160 e. The van der Waals surface area contributed by atoms with Crippen molar-refractivity contribution in [3.63, 3.8) is 0 Å². The van der Waals surface area contributed by atoms with Crippen LogP contribution in [0.3, 0.4) is 0 Å². The Bertz CT molecular complexity index is 5300. The third kappa shape index (κ3) is 5.75. The van der Waals surface area contributed by atoms with Gasteiger partial charge in [0.15, 0.2) is 5.82 Å². The minimum absolute atomic E-state index is 0.00580. The van der Waals surface area contributed by atoms with E-state index in [1.807, 2.05) is 42.5 Å². The molecular weight excluding hydrogens is 815 g/mol. The average molecular weight is 878 g/mol. The van der Waals surface area contributed by atoms with Gasteiger partial charge in [0, 0.05) is 49.0 Å². The largest absolute Gasteiger partial charge is 0.307 e. The molecule has 0 N–H and O–H groups in total. The second kappa shape index (κ2) is 14.7. The number of para-hydroxylation sites is 6. The number of rotatable bonds is 6. The van der Waals surface area contributed by atoms with Crippen LogP contribution in [0.25, 0.3) is 127 Å². The van der Waals surface area contributed by atoms with Crippen molar-refractivity contribution < 1.29 is 32.9 Å². The predicted octanol–water partition coefficient (Wildman–Crippen LogP) is 15.9. The first-order chi connectivity index (χ1) is 43.2. The van der Waals surface area contributed by atoms with Crippen molar-refractivity contribution in [2.24, 2.45) is 0 Å². The normalized spacial score (nSPS) is 16.9. The lowest BCUT2D eigenvalue weighted by Crippen LogP contribution is -2.10. The molecule has 0 unspecified atom stereocenters. The maximum absolute atomic E-state index is 9.85. The molecule has 14 aromatic rings. The maximum atomic E-state index is 9.85. The standard InChI is InChI=1S/C62H39N5/c1-2-19-41(20-3-1)62-63-51(43-35-34-40-18-4-5-21-42(40)36-43)39-52(64-62)44-37-59(65-53-28-12-6-22-45(53)46-23-7-13-29-54(46)65)61(67-57-32-16-10-26-49(57)50-27-11-17-33-58(50)67)60(38-44)66-55-30-14-8-24-47(55)48-25-9-15-31-56(48)66/h1-39H/i6D,7D,8D,9D,10D,11D,12D,13D,14D,15D,16D,17D,22D,23D,24D,25D,26D,27D,28D,29D,30D,31D,32D,33D. The molecule has 0 saturated carbocycles. The van der Waals surface area contributed by atoms with Gasteiger partial charge in [-0.3, -0.25) is 0 Å². The quantitative estimate of drug-likeness (QED) is 0.167. The van der Waals surface area contributed by atoms with Gasteiger partial charge in [-0.1, -0.05) is 175 Å². The van der Waals surface area contributed by atoms with Gasteiger partial charge in [-0.25, -0.2) is 9.97 Å². The summed E-state index contributed by atoms with van der Waals surface area (Å²) in [5.41, 5.74) is -3.51. The third-order valence-electron chi connectivity index (χ3n) is 12.0. The van der Waals surface area contributed by atoms with Gasteiger partial charge in [0.25, 0.3) is 0 Å². The molecule has 14 rings (SSSR count). The summed E-state index contributed by atoms with van der Waals surface area (Å²) in [5.74, 6) is 0.114. The second-order valence-corrected chi connectivity index (χ2v) is 15.6. The second-order valence-electron chi connectivity index (χ2n) is 15.6. The summed E-state index contributed by atoms with van der Waals surface area (Å²) < 4.78 is 228. The van der Waals surface area contributed by atoms with Gasteiger partial charge in [-0.05, 0) is 71.3 Å². The van der Waals surface area contributed by atoms with Gasteiger partial charge >= 0.3 is 0 Å². The van der Waals surface area contributed by atoms with Gasteiger partial charge in [-0.15, -0.1) is 0 Å². The fraction of sp³-hybridized carbons (Fsp3) is 0. The zero-order valence-electron chi connectivity index (χ0n) is 58.4. The van der Waals surface area contributed by atoms with Crippen LogP contribution >= 0.6 is 0 Å². The number of hydrogen-bond acceptors (Lipinski definition) is 2. The Kier molecular flexibility index (Phi) is 4.59. The van der Waals surface area contributed by atoms with Gasteiger partial charge in [0.2, 0.25) is 0 Å². The first-order valence-corrected chi connectivity index (χ1v) is 20.9. The molecule has 0 aliphatic heterocycles. The zero-order valence-corrected chi connectivity index (χ0v) is 34.4. The van der Waals surface area contributed by atoms with Crippen molar-refractivity contribution in [2.75, 3.05) is 0 Å². The molecule has 4 heterocycles. The Hall–Kier alpha value is -9.06. The Labute approximate surface area is 419 Å². The fourth-order valence-electron chi connectivity index (χ4n) is 9.10. The minimum Gasteiger partial charge on any atom is -0.307 e. The van der Waals surface area contributed by atoms with E-state index in [9.17, 15) is 24.7 Å². The van der Waals surface area contributed by atoms with Gasteiger partial charge in [0.1, 0.15) is 0 Å². The highest BCUT2D eigenvalue weighted by molar-refractivity contribution is 6.14. The van der Waals surface area contributed by atoms with E-state index in [0.717, 1.165) is 24.5 Å². The van der Waals surface area contributed by atoms with Crippen LogP contribution in [0.2, 0.25) is 0 Å². The van der Waals surface area contributed by atoms with Gasteiger partial charge < -0.3 is 13.7 Å². The lowest BCUT2D eigenvalue weighted by atomic mass is 10.0. The molecule has 67 heavy (non-hydrogen) atoms.